The Balaban J connectivity index is 2.24. The van der Waals surface area contributed by atoms with E-state index in [1.165, 1.54) is 25.8 Å². The summed E-state index contributed by atoms with van der Waals surface area (Å²) in [6, 6.07) is 0.417. The molecule has 1 fully saturated rings. The van der Waals surface area contributed by atoms with Crippen LogP contribution in [0.4, 0.5) is 0 Å². The number of thiol groups is 1. The second-order valence-corrected chi connectivity index (χ2v) is 4.43. The Morgan fingerprint density at radius 3 is 2.85 bits per heavy atom. The molecule has 78 valence electrons. The van der Waals surface area contributed by atoms with Gasteiger partial charge in [0.05, 0.1) is 6.61 Å². The molecule has 3 heteroatoms. The van der Waals surface area contributed by atoms with E-state index in [9.17, 15) is 5.11 Å². The lowest BCUT2D eigenvalue weighted by Crippen LogP contribution is -2.35. The van der Waals surface area contributed by atoms with Crippen LogP contribution >= 0.6 is 12.6 Å². The Bertz CT molecular complexity index is 143. The van der Waals surface area contributed by atoms with Crippen LogP contribution in [0.3, 0.4) is 0 Å². The van der Waals surface area contributed by atoms with E-state index in [1.807, 2.05) is 0 Å². The summed E-state index contributed by atoms with van der Waals surface area (Å²) in [6.45, 7) is 4.86. The molecular formula is C10H21NOS. The van der Waals surface area contributed by atoms with Crippen molar-refractivity contribution in [3.8, 4) is 0 Å². The maximum Gasteiger partial charge on any atom is 0.0589 e. The van der Waals surface area contributed by atoms with Gasteiger partial charge in [-0.3, -0.25) is 4.90 Å². The first kappa shape index (κ1) is 11.3. The lowest BCUT2D eigenvalue weighted by Gasteiger charge is -2.24. The molecular weight excluding hydrogens is 182 g/mol. The molecule has 1 aliphatic heterocycles. The number of rotatable bonds is 5. The predicted octanol–water partition coefficient (Wildman–Crippen LogP) is 1.40. The van der Waals surface area contributed by atoms with Crippen LogP contribution in [-0.4, -0.2) is 41.5 Å². The van der Waals surface area contributed by atoms with Gasteiger partial charge in [0.15, 0.2) is 0 Å². The van der Waals surface area contributed by atoms with Crippen LogP contribution in [0.15, 0.2) is 0 Å². The number of aliphatic hydroxyl groups excluding tert-OH is 1. The van der Waals surface area contributed by atoms with Gasteiger partial charge in [-0.15, -0.1) is 0 Å². The largest absolute Gasteiger partial charge is 0.395 e. The molecule has 0 aliphatic carbocycles. The third-order valence-electron chi connectivity index (χ3n) is 3.04. The second kappa shape index (κ2) is 5.89. The Kier molecular flexibility index (Phi) is 5.14. The molecule has 2 unspecified atom stereocenters. The molecule has 2 atom stereocenters. The summed E-state index contributed by atoms with van der Waals surface area (Å²) < 4.78 is 0. The molecule has 0 bridgehead atoms. The SMILES string of the molecule is CC1CCN(CCCCS)C1CO. The number of likely N-dealkylation sites (tertiary alicyclic amines) is 1. The summed E-state index contributed by atoms with van der Waals surface area (Å²) in [6.07, 6.45) is 3.64. The Hall–Kier alpha value is 0.270. The van der Waals surface area contributed by atoms with Crippen molar-refractivity contribution >= 4 is 12.6 Å². The molecule has 0 aromatic rings. The average molecular weight is 203 g/mol. The van der Waals surface area contributed by atoms with Crippen molar-refractivity contribution in [2.24, 2.45) is 5.92 Å². The number of unbranched alkanes of at least 4 members (excludes halogenated alkanes) is 1. The van der Waals surface area contributed by atoms with E-state index in [4.69, 9.17) is 0 Å². The Morgan fingerprint density at radius 1 is 1.46 bits per heavy atom. The summed E-state index contributed by atoms with van der Waals surface area (Å²) in [5, 5.41) is 9.21. The van der Waals surface area contributed by atoms with E-state index in [0.29, 0.717) is 18.6 Å². The Morgan fingerprint density at radius 2 is 2.23 bits per heavy atom. The minimum atomic E-state index is 0.321. The fraction of sp³-hybridized carbons (Fsp3) is 1.00. The van der Waals surface area contributed by atoms with E-state index in [2.05, 4.69) is 24.5 Å². The minimum absolute atomic E-state index is 0.321. The number of hydrogen-bond acceptors (Lipinski definition) is 3. The van der Waals surface area contributed by atoms with Gasteiger partial charge in [0.25, 0.3) is 0 Å². The number of hydrogen-bond donors (Lipinski definition) is 2. The highest BCUT2D eigenvalue weighted by Crippen LogP contribution is 2.23. The molecule has 2 nitrogen and oxygen atoms in total. The van der Waals surface area contributed by atoms with Gasteiger partial charge in [-0.05, 0) is 44.0 Å². The molecule has 1 saturated heterocycles. The van der Waals surface area contributed by atoms with Crippen LogP contribution in [0.5, 0.6) is 0 Å². The molecule has 0 aromatic carbocycles. The van der Waals surface area contributed by atoms with Crippen LogP contribution < -0.4 is 0 Å². The molecule has 13 heavy (non-hydrogen) atoms. The zero-order chi connectivity index (χ0) is 9.68. The molecule has 0 amide bonds. The fourth-order valence-electron chi connectivity index (χ4n) is 2.09. The van der Waals surface area contributed by atoms with Crippen LogP contribution in [-0.2, 0) is 0 Å². The third kappa shape index (κ3) is 3.15. The summed E-state index contributed by atoms with van der Waals surface area (Å²) in [7, 11) is 0. The van der Waals surface area contributed by atoms with E-state index >= 15 is 0 Å². The van der Waals surface area contributed by atoms with Gasteiger partial charge < -0.3 is 5.11 Å². The average Bonchev–Trinajstić information content (AvgIpc) is 2.47. The molecule has 0 saturated carbocycles. The molecule has 0 radical (unpaired) electrons. The smallest absolute Gasteiger partial charge is 0.0589 e. The molecule has 0 aromatic heterocycles. The van der Waals surface area contributed by atoms with Gasteiger partial charge in [-0.25, -0.2) is 0 Å². The second-order valence-electron chi connectivity index (χ2n) is 3.98. The highest BCUT2D eigenvalue weighted by atomic mass is 32.1. The van der Waals surface area contributed by atoms with Crippen LogP contribution in [0.25, 0.3) is 0 Å². The van der Waals surface area contributed by atoms with Crippen LogP contribution in [0.1, 0.15) is 26.2 Å². The lowest BCUT2D eigenvalue weighted by molar-refractivity contribution is 0.138. The van der Waals surface area contributed by atoms with E-state index in [-0.39, 0.29) is 0 Å². The van der Waals surface area contributed by atoms with Crippen molar-refractivity contribution in [2.75, 3.05) is 25.4 Å². The maximum atomic E-state index is 9.21. The first-order chi connectivity index (χ1) is 6.29. The first-order valence-electron chi connectivity index (χ1n) is 5.25. The fourth-order valence-corrected chi connectivity index (χ4v) is 2.31. The standard InChI is InChI=1S/C10H21NOS/c1-9-4-6-11(10(9)8-12)5-2-3-7-13/h9-10,12-13H,2-8H2,1H3. The van der Waals surface area contributed by atoms with Crippen molar-refractivity contribution < 1.29 is 5.11 Å². The van der Waals surface area contributed by atoms with Crippen molar-refractivity contribution in [2.45, 2.75) is 32.2 Å². The topological polar surface area (TPSA) is 23.5 Å². The van der Waals surface area contributed by atoms with Gasteiger partial charge in [-0.2, -0.15) is 12.6 Å². The van der Waals surface area contributed by atoms with E-state index in [1.54, 1.807) is 0 Å². The molecule has 1 rings (SSSR count). The summed E-state index contributed by atoms with van der Waals surface area (Å²) in [4.78, 5) is 2.42. The predicted molar refractivity (Wildman–Crippen MR) is 59.3 cm³/mol. The minimum Gasteiger partial charge on any atom is -0.395 e. The van der Waals surface area contributed by atoms with E-state index < -0.39 is 0 Å². The number of nitrogens with zero attached hydrogens (tertiary/aromatic N) is 1. The zero-order valence-electron chi connectivity index (χ0n) is 8.45. The maximum absolute atomic E-state index is 9.21. The number of aliphatic hydroxyl groups is 1. The van der Waals surface area contributed by atoms with Gasteiger partial charge in [0.2, 0.25) is 0 Å². The third-order valence-corrected chi connectivity index (χ3v) is 3.35. The monoisotopic (exact) mass is 203 g/mol. The summed E-state index contributed by atoms with van der Waals surface area (Å²) >= 11 is 4.19. The highest BCUT2D eigenvalue weighted by Gasteiger charge is 2.29. The molecule has 1 N–H and O–H groups in total. The highest BCUT2D eigenvalue weighted by molar-refractivity contribution is 7.80. The van der Waals surface area contributed by atoms with E-state index in [0.717, 1.165) is 12.3 Å². The van der Waals surface area contributed by atoms with Crippen molar-refractivity contribution in [3.63, 3.8) is 0 Å². The van der Waals surface area contributed by atoms with Crippen molar-refractivity contribution in [1.29, 1.82) is 0 Å². The zero-order valence-corrected chi connectivity index (χ0v) is 9.34. The van der Waals surface area contributed by atoms with Crippen LogP contribution in [0, 0.1) is 5.92 Å². The van der Waals surface area contributed by atoms with Crippen molar-refractivity contribution in [1.82, 2.24) is 4.90 Å². The molecule has 1 heterocycles. The first-order valence-corrected chi connectivity index (χ1v) is 5.88. The van der Waals surface area contributed by atoms with Crippen LogP contribution in [0.2, 0.25) is 0 Å². The quantitative estimate of drug-likeness (QED) is 0.521. The van der Waals surface area contributed by atoms with Gasteiger partial charge in [0, 0.05) is 6.04 Å². The normalized spacial score (nSPS) is 29.8. The van der Waals surface area contributed by atoms with Gasteiger partial charge >= 0.3 is 0 Å². The molecule has 1 aliphatic rings. The summed E-state index contributed by atoms with van der Waals surface area (Å²) in [5.74, 6) is 1.65. The lowest BCUT2D eigenvalue weighted by atomic mass is 10.0. The summed E-state index contributed by atoms with van der Waals surface area (Å²) in [5.41, 5.74) is 0. The van der Waals surface area contributed by atoms with Gasteiger partial charge in [0.1, 0.15) is 0 Å². The Labute approximate surface area is 86.7 Å². The van der Waals surface area contributed by atoms with Gasteiger partial charge in [-0.1, -0.05) is 6.92 Å². The van der Waals surface area contributed by atoms with Crippen molar-refractivity contribution in [3.05, 3.63) is 0 Å². The molecule has 0 spiro atoms.